The number of fused-ring (bicyclic) bond motifs is 1. The summed E-state index contributed by atoms with van der Waals surface area (Å²) in [7, 11) is 1.74. The Bertz CT molecular complexity index is 1160. The zero-order valence-electron chi connectivity index (χ0n) is 15.8. The first-order valence-corrected chi connectivity index (χ1v) is 9.78. The molecule has 1 saturated heterocycles. The second-order valence-corrected chi connectivity index (χ2v) is 7.69. The summed E-state index contributed by atoms with van der Waals surface area (Å²) in [5, 5.41) is 5.11. The fraction of sp³-hybridized carbons (Fsp3) is 0.450. The van der Waals surface area contributed by atoms with Crippen LogP contribution in [0.25, 0.3) is 11.0 Å². The lowest BCUT2D eigenvalue weighted by Gasteiger charge is -2.27. The van der Waals surface area contributed by atoms with Gasteiger partial charge in [-0.25, -0.2) is 9.67 Å². The normalized spacial score (nSPS) is 19.5. The van der Waals surface area contributed by atoms with E-state index in [1.165, 1.54) is 0 Å². The molecule has 8 nitrogen and oxygen atoms in total. The van der Waals surface area contributed by atoms with Crippen molar-refractivity contribution in [2.75, 3.05) is 11.4 Å². The SMILES string of the molecule is Cn1c(N2CCCC2Cn2nc(C3CC3)ccc2=O)nc2ncccc2c1=O. The molecule has 1 saturated carbocycles. The molecule has 1 atom stereocenters. The molecule has 0 spiro atoms. The molecule has 0 N–H and O–H groups in total. The molecule has 4 heterocycles. The highest BCUT2D eigenvalue weighted by Gasteiger charge is 2.30. The average Bonchev–Trinajstić information content (AvgIpc) is 3.46. The van der Waals surface area contributed by atoms with Crippen LogP contribution in [0.1, 0.15) is 37.3 Å². The quantitative estimate of drug-likeness (QED) is 0.683. The molecule has 2 fully saturated rings. The molecule has 2 aliphatic rings. The van der Waals surface area contributed by atoms with Crippen LogP contribution in [-0.2, 0) is 13.6 Å². The standard InChI is InChI=1S/C20H22N6O2/c1-24-19(28)15-5-2-10-21-18(15)22-20(24)25-11-3-4-14(25)12-26-17(27)9-8-16(23-26)13-6-7-13/h2,5,8-10,13-14H,3-4,6-7,11-12H2,1H3. The zero-order valence-corrected chi connectivity index (χ0v) is 15.8. The summed E-state index contributed by atoms with van der Waals surface area (Å²) in [4.78, 5) is 36.1. The van der Waals surface area contributed by atoms with Gasteiger partial charge in [-0.2, -0.15) is 10.1 Å². The highest BCUT2D eigenvalue weighted by atomic mass is 16.1. The Kier molecular flexibility index (Phi) is 3.99. The Morgan fingerprint density at radius 1 is 1.14 bits per heavy atom. The van der Waals surface area contributed by atoms with Crippen molar-refractivity contribution in [2.45, 2.75) is 44.2 Å². The molecule has 1 aliphatic carbocycles. The Morgan fingerprint density at radius 2 is 2.00 bits per heavy atom. The Balaban J connectivity index is 1.50. The van der Waals surface area contributed by atoms with Crippen molar-refractivity contribution in [3.05, 3.63) is 56.9 Å². The first-order valence-electron chi connectivity index (χ1n) is 9.78. The summed E-state index contributed by atoms with van der Waals surface area (Å²) < 4.78 is 3.16. The summed E-state index contributed by atoms with van der Waals surface area (Å²) in [6.45, 7) is 1.29. The van der Waals surface area contributed by atoms with Crippen molar-refractivity contribution in [3.8, 4) is 0 Å². The molecule has 3 aromatic heterocycles. The molecule has 0 amide bonds. The monoisotopic (exact) mass is 378 g/mol. The maximum absolute atomic E-state index is 12.7. The molecule has 0 radical (unpaired) electrons. The van der Waals surface area contributed by atoms with Gasteiger partial charge in [0.15, 0.2) is 5.65 Å². The third kappa shape index (κ3) is 2.89. The maximum atomic E-state index is 12.7. The van der Waals surface area contributed by atoms with Crippen LogP contribution in [0.5, 0.6) is 0 Å². The van der Waals surface area contributed by atoms with Crippen LogP contribution in [0.4, 0.5) is 5.95 Å². The first kappa shape index (κ1) is 17.1. The molecule has 0 bridgehead atoms. The van der Waals surface area contributed by atoms with E-state index in [1.807, 2.05) is 6.07 Å². The van der Waals surface area contributed by atoms with E-state index in [9.17, 15) is 9.59 Å². The van der Waals surface area contributed by atoms with E-state index in [2.05, 4.69) is 20.0 Å². The Hall–Kier alpha value is -3.03. The lowest BCUT2D eigenvalue weighted by Crippen LogP contribution is -2.40. The van der Waals surface area contributed by atoms with E-state index >= 15 is 0 Å². The largest absolute Gasteiger partial charge is 0.337 e. The Labute approximate surface area is 161 Å². The lowest BCUT2D eigenvalue weighted by molar-refractivity contribution is 0.476. The van der Waals surface area contributed by atoms with E-state index in [4.69, 9.17) is 0 Å². The van der Waals surface area contributed by atoms with Crippen LogP contribution >= 0.6 is 0 Å². The summed E-state index contributed by atoms with van der Waals surface area (Å²) in [6, 6.07) is 7.03. The topological polar surface area (TPSA) is 85.9 Å². The summed E-state index contributed by atoms with van der Waals surface area (Å²) >= 11 is 0. The van der Waals surface area contributed by atoms with Crippen molar-refractivity contribution in [1.82, 2.24) is 24.3 Å². The van der Waals surface area contributed by atoms with Gasteiger partial charge in [-0.05, 0) is 43.9 Å². The van der Waals surface area contributed by atoms with Gasteiger partial charge in [0.25, 0.3) is 11.1 Å². The molecule has 144 valence electrons. The van der Waals surface area contributed by atoms with Crippen molar-refractivity contribution < 1.29 is 0 Å². The molecule has 3 aromatic rings. The van der Waals surface area contributed by atoms with E-state index in [1.54, 1.807) is 40.7 Å². The fourth-order valence-corrected chi connectivity index (χ4v) is 4.03. The predicted molar refractivity (Wildman–Crippen MR) is 106 cm³/mol. The minimum Gasteiger partial charge on any atom is -0.337 e. The van der Waals surface area contributed by atoms with Gasteiger partial charge in [-0.15, -0.1) is 0 Å². The van der Waals surface area contributed by atoms with Crippen LogP contribution in [0, 0.1) is 0 Å². The van der Waals surface area contributed by atoms with E-state index in [0.717, 1.165) is 37.9 Å². The minimum atomic E-state index is -0.107. The molecule has 5 rings (SSSR count). The lowest BCUT2D eigenvalue weighted by atomic mass is 10.2. The van der Waals surface area contributed by atoms with Gasteiger partial charge >= 0.3 is 0 Å². The van der Waals surface area contributed by atoms with Gasteiger partial charge in [0.1, 0.15) is 0 Å². The Morgan fingerprint density at radius 3 is 2.82 bits per heavy atom. The van der Waals surface area contributed by atoms with Crippen molar-refractivity contribution >= 4 is 17.0 Å². The highest BCUT2D eigenvalue weighted by Crippen LogP contribution is 2.38. The van der Waals surface area contributed by atoms with Crippen molar-refractivity contribution in [1.29, 1.82) is 0 Å². The third-order valence-electron chi connectivity index (χ3n) is 5.73. The van der Waals surface area contributed by atoms with Gasteiger partial charge in [0, 0.05) is 31.8 Å². The van der Waals surface area contributed by atoms with Gasteiger partial charge in [0.2, 0.25) is 5.95 Å². The predicted octanol–water partition coefficient (Wildman–Crippen LogP) is 1.43. The number of hydrogen-bond acceptors (Lipinski definition) is 6. The molecular weight excluding hydrogens is 356 g/mol. The van der Waals surface area contributed by atoms with Crippen LogP contribution in [0.15, 0.2) is 40.1 Å². The molecule has 0 aromatic carbocycles. The molecule has 8 heteroatoms. The molecule has 28 heavy (non-hydrogen) atoms. The second kappa shape index (κ2) is 6.54. The summed E-state index contributed by atoms with van der Waals surface area (Å²) in [5.74, 6) is 1.10. The van der Waals surface area contributed by atoms with Gasteiger partial charge in [-0.1, -0.05) is 0 Å². The van der Waals surface area contributed by atoms with Crippen molar-refractivity contribution in [2.24, 2.45) is 7.05 Å². The minimum absolute atomic E-state index is 0.0684. The van der Waals surface area contributed by atoms with Crippen molar-refractivity contribution in [3.63, 3.8) is 0 Å². The zero-order chi connectivity index (χ0) is 19.3. The number of nitrogens with zero attached hydrogens (tertiary/aromatic N) is 6. The fourth-order valence-electron chi connectivity index (χ4n) is 4.03. The van der Waals surface area contributed by atoms with Crippen LogP contribution < -0.4 is 16.0 Å². The summed E-state index contributed by atoms with van der Waals surface area (Å²) in [6.07, 6.45) is 5.86. The first-order chi connectivity index (χ1) is 13.6. The van der Waals surface area contributed by atoms with Crippen LogP contribution in [0.2, 0.25) is 0 Å². The number of rotatable bonds is 4. The molecule has 1 unspecified atom stereocenters. The third-order valence-corrected chi connectivity index (χ3v) is 5.73. The average molecular weight is 378 g/mol. The van der Waals surface area contributed by atoms with Crippen LogP contribution in [-0.4, -0.2) is 36.9 Å². The van der Waals surface area contributed by atoms with E-state index in [-0.39, 0.29) is 17.2 Å². The summed E-state index contributed by atoms with van der Waals surface area (Å²) in [5.41, 5.74) is 1.27. The van der Waals surface area contributed by atoms with Gasteiger partial charge in [-0.3, -0.25) is 14.2 Å². The number of aromatic nitrogens is 5. The van der Waals surface area contributed by atoms with E-state index < -0.39 is 0 Å². The smallest absolute Gasteiger partial charge is 0.266 e. The second-order valence-electron chi connectivity index (χ2n) is 7.69. The van der Waals surface area contributed by atoms with E-state index in [0.29, 0.717) is 29.4 Å². The molecule has 1 aliphatic heterocycles. The number of anilines is 1. The maximum Gasteiger partial charge on any atom is 0.266 e. The number of pyridine rings is 1. The van der Waals surface area contributed by atoms with Gasteiger partial charge < -0.3 is 4.90 Å². The number of hydrogen-bond donors (Lipinski definition) is 0. The highest BCUT2D eigenvalue weighted by molar-refractivity contribution is 5.74. The van der Waals surface area contributed by atoms with Gasteiger partial charge in [0.05, 0.1) is 23.7 Å². The van der Waals surface area contributed by atoms with Crippen LogP contribution in [0.3, 0.4) is 0 Å². The molecular formula is C20H22N6O2.